The van der Waals surface area contributed by atoms with E-state index < -0.39 is 11.6 Å². The van der Waals surface area contributed by atoms with E-state index in [4.69, 9.17) is 11.6 Å². The summed E-state index contributed by atoms with van der Waals surface area (Å²) in [7, 11) is 4.22. The number of carbonyl (C=O) groups is 1. The highest BCUT2D eigenvalue weighted by Crippen LogP contribution is 2.36. The number of nitrogens with one attached hydrogen (secondary N) is 1. The summed E-state index contributed by atoms with van der Waals surface area (Å²) in [6, 6.07) is 8.65. The van der Waals surface area contributed by atoms with E-state index in [-0.39, 0.29) is 16.8 Å². The van der Waals surface area contributed by atoms with Crippen molar-refractivity contribution in [2.75, 3.05) is 26.0 Å². The number of fused-ring (bicyclic) bond motifs is 1. The lowest BCUT2D eigenvalue weighted by atomic mass is 9.85. The number of phenolic OH excluding ortho intramolecular Hbond substituents is 1. The van der Waals surface area contributed by atoms with Crippen molar-refractivity contribution in [1.82, 2.24) is 9.88 Å². The Balaban J connectivity index is 1.71. The number of rotatable bonds is 6. The Morgan fingerprint density at radius 3 is 2.55 bits per heavy atom. The van der Waals surface area contributed by atoms with Crippen LogP contribution in [0.2, 0.25) is 5.02 Å². The van der Waals surface area contributed by atoms with Gasteiger partial charge >= 0.3 is 0 Å². The van der Waals surface area contributed by atoms with Gasteiger partial charge in [-0.25, -0.2) is 4.39 Å². The highest BCUT2D eigenvalue weighted by Gasteiger charge is 2.24. The van der Waals surface area contributed by atoms with Crippen LogP contribution >= 0.6 is 11.6 Å². The first kappa shape index (κ1) is 23.5. The zero-order valence-electron chi connectivity index (χ0n) is 19.2. The molecule has 0 aliphatic heterocycles. The monoisotopic (exact) mass is 469 g/mol. The molecular formula is C26H29ClFN3O2. The number of hydrogen-bond acceptors (Lipinski definition) is 5. The summed E-state index contributed by atoms with van der Waals surface area (Å²) in [5.74, 6) is -0.701. The molecule has 0 spiro atoms. The molecule has 0 radical (unpaired) electrons. The van der Waals surface area contributed by atoms with E-state index in [0.29, 0.717) is 17.0 Å². The molecule has 0 saturated heterocycles. The standard InChI is InChI=1S/C26H29ClFN3O2/c1-15(32)21-13-29-24-9-6-17(18-11-22(27)26(33)23(28)12-18)10-20(24)25(21)30-19-7-4-16(5-8-19)14-31(2)3/h6,9-13,16,19,33H,4-5,7-8,14H2,1-3H3,(H,29,30). The summed E-state index contributed by atoms with van der Waals surface area (Å²) in [4.78, 5) is 19.1. The Labute approximate surface area is 198 Å². The van der Waals surface area contributed by atoms with Crippen LogP contribution in [0.15, 0.2) is 36.5 Å². The SMILES string of the molecule is CC(=O)c1cnc2ccc(-c3cc(F)c(O)c(Cl)c3)cc2c1NC1CCC(CN(C)C)CC1. The van der Waals surface area contributed by atoms with Crippen LogP contribution in [0.3, 0.4) is 0 Å². The third-order valence-corrected chi connectivity index (χ3v) is 6.70. The van der Waals surface area contributed by atoms with E-state index in [0.717, 1.165) is 54.4 Å². The quantitative estimate of drug-likeness (QED) is 0.425. The summed E-state index contributed by atoms with van der Waals surface area (Å²) in [5, 5.41) is 14.1. The number of aromatic nitrogens is 1. The molecule has 2 N–H and O–H groups in total. The minimum absolute atomic E-state index is 0.0476. The molecule has 1 saturated carbocycles. The zero-order valence-corrected chi connectivity index (χ0v) is 19.9. The van der Waals surface area contributed by atoms with Gasteiger partial charge in [-0.3, -0.25) is 9.78 Å². The van der Waals surface area contributed by atoms with E-state index in [9.17, 15) is 14.3 Å². The fourth-order valence-corrected chi connectivity index (χ4v) is 4.94. The lowest BCUT2D eigenvalue weighted by molar-refractivity contribution is 0.101. The second kappa shape index (κ2) is 9.65. The predicted molar refractivity (Wildman–Crippen MR) is 132 cm³/mol. The van der Waals surface area contributed by atoms with Crippen LogP contribution in [0.4, 0.5) is 10.1 Å². The van der Waals surface area contributed by atoms with Crippen LogP contribution in [0, 0.1) is 11.7 Å². The molecule has 0 unspecified atom stereocenters. The molecule has 1 aliphatic carbocycles. The number of anilines is 1. The zero-order chi connectivity index (χ0) is 23.7. The molecule has 1 aliphatic rings. The summed E-state index contributed by atoms with van der Waals surface area (Å²) in [6.45, 7) is 2.64. The number of phenols is 1. The highest BCUT2D eigenvalue weighted by molar-refractivity contribution is 6.32. The molecule has 1 aromatic heterocycles. The van der Waals surface area contributed by atoms with E-state index in [1.807, 2.05) is 18.2 Å². The minimum Gasteiger partial charge on any atom is -0.504 e. The lowest BCUT2D eigenvalue weighted by Gasteiger charge is -2.32. The maximum atomic E-state index is 14.1. The average molecular weight is 470 g/mol. The van der Waals surface area contributed by atoms with Gasteiger partial charge in [0.25, 0.3) is 0 Å². The van der Waals surface area contributed by atoms with Crippen LogP contribution in [0.25, 0.3) is 22.0 Å². The Morgan fingerprint density at radius 1 is 1.18 bits per heavy atom. The van der Waals surface area contributed by atoms with E-state index in [1.165, 1.54) is 12.1 Å². The topological polar surface area (TPSA) is 65.5 Å². The molecule has 4 rings (SSSR count). The molecule has 1 heterocycles. The van der Waals surface area contributed by atoms with Crippen molar-refractivity contribution in [3.8, 4) is 16.9 Å². The van der Waals surface area contributed by atoms with Crippen LogP contribution in [-0.4, -0.2) is 47.5 Å². The lowest BCUT2D eigenvalue weighted by Crippen LogP contribution is -2.31. The van der Waals surface area contributed by atoms with Crippen molar-refractivity contribution in [3.05, 3.63) is 52.9 Å². The first-order valence-electron chi connectivity index (χ1n) is 11.3. The van der Waals surface area contributed by atoms with Crippen LogP contribution < -0.4 is 5.32 Å². The summed E-state index contributed by atoms with van der Waals surface area (Å²) in [6.07, 6.45) is 5.99. The van der Waals surface area contributed by atoms with Gasteiger partial charge in [-0.15, -0.1) is 0 Å². The maximum absolute atomic E-state index is 14.1. The molecule has 1 fully saturated rings. The van der Waals surface area contributed by atoms with Crippen molar-refractivity contribution in [2.45, 2.75) is 38.6 Å². The third kappa shape index (κ3) is 5.12. The van der Waals surface area contributed by atoms with Gasteiger partial charge < -0.3 is 15.3 Å². The normalized spacial score (nSPS) is 18.6. The molecule has 0 amide bonds. The molecule has 33 heavy (non-hydrogen) atoms. The Kier molecular flexibility index (Phi) is 6.86. The summed E-state index contributed by atoms with van der Waals surface area (Å²) in [5.41, 5.74) is 3.34. The van der Waals surface area contributed by atoms with Crippen LogP contribution in [0.1, 0.15) is 43.0 Å². The molecule has 174 valence electrons. The molecule has 7 heteroatoms. The van der Waals surface area contributed by atoms with Gasteiger partial charge in [-0.2, -0.15) is 0 Å². The number of benzene rings is 2. The van der Waals surface area contributed by atoms with E-state index >= 15 is 0 Å². The number of hydrogen-bond donors (Lipinski definition) is 2. The van der Waals surface area contributed by atoms with Gasteiger partial charge in [0.1, 0.15) is 0 Å². The fraction of sp³-hybridized carbons (Fsp3) is 0.385. The number of pyridine rings is 1. The molecule has 0 atom stereocenters. The molecule has 3 aromatic rings. The van der Waals surface area contributed by atoms with Crippen LogP contribution in [0.5, 0.6) is 5.75 Å². The molecule has 5 nitrogen and oxygen atoms in total. The number of aromatic hydroxyl groups is 1. The van der Waals surface area contributed by atoms with Crippen molar-refractivity contribution in [1.29, 1.82) is 0 Å². The van der Waals surface area contributed by atoms with Gasteiger partial charge in [0.05, 0.1) is 21.8 Å². The Morgan fingerprint density at radius 2 is 1.91 bits per heavy atom. The van der Waals surface area contributed by atoms with Crippen molar-refractivity contribution < 1.29 is 14.3 Å². The second-order valence-electron chi connectivity index (χ2n) is 9.25. The molecule has 0 bridgehead atoms. The Hall–Kier alpha value is -2.70. The van der Waals surface area contributed by atoms with Crippen molar-refractivity contribution in [3.63, 3.8) is 0 Å². The second-order valence-corrected chi connectivity index (χ2v) is 9.65. The fourth-order valence-electron chi connectivity index (χ4n) is 4.74. The van der Waals surface area contributed by atoms with Gasteiger partial charge in [-0.1, -0.05) is 17.7 Å². The Bertz CT molecular complexity index is 1170. The highest BCUT2D eigenvalue weighted by atomic mass is 35.5. The average Bonchev–Trinajstić information content (AvgIpc) is 2.77. The summed E-state index contributed by atoms with van der Waals surface area (Å²) < 4.78 is 14.1. The predicted octanol–water partition coefficient (Wildman–Crippen LogP) is 6.13. The number of ketones is 1. The first-order valence-corrected chi connectivity index (χ1v) is 11.6. The molecular weight excluding hydrogens is 441 g/mol. The van der Waals surface area contributed by atoms with E-state index in [1.54, 1.807) is 13.1 Å². The number of Topliss-reactive ketones (excluding diaryl/α,β-unsaturated/α-hetero) is 1. The van der Waals surface area contributed by atoms with Crippen molar-refractivity contribution in [2.24, 2.45) is 5.92 Å². The van der Waals surface area contributed by atoms with Crippen molar-refractivity contribution >= 4 is 34.0 Å². The third-order valence-electron chi connectivity index (χ3n) is 6.42. The number of carbonyl (C=O) groups excluding carboxylic acids is 1. The molecule has 2 aromatic carbocycles. The first-order chi connectivity index (χ1) is 15.7. The van der Waals surface area contributed by atoms with Crippen LogP contribution in [-0.2, 0) is 0 Å². The summed E-state index contributed by atoms with van der Waals surface area (Å²) >= 11 is 5.99. The van der Waals surface area contributed by atoms with Gasteiger partial charge in [0.15, 0.2) is 17.3 Å². The number of nitrogens with zero attached hydrogens (tertiary/aromatic N) is 2. The minimum atomic E-state index is -0.777. The number of halogens is 2. The van der Waals surface area contributed by atoms with Gasteiger partial charge in [0.2, 0.25) is 0 Å². The van der Waals surface area contributed by atoms with Gasteiger partial charge in [0, 0.05) is 24.2 Å². The largest absolute Gasteiger partial charge is 0.504 e. The van der Waals surface area contributed by atoms with Gasteiger partial charge in [-0.05, 0) is 88.0 Å². The van der Waals surface area contributed by atoms with E-state index in [2.05, 4.69) is 29.3 Å². The maximum Gasteiger partial charge on any atom is 0.170 e. The smallest absolute Gasteiger partial charge is 0.170 e.